The van der Waals surface area contributed by atoms with E-state index in [1.165, 1.54) is 0 Å². The Hall–Kier alpha value is -1.55. The Labute approximate surface area is 120 Å². The molecule has 20 heavy (non-hydrogen) atoms. The average molecular weight is 277 g/mol. The number of piperidine rings is 1. The van der Waals surface area contributed by atoms with Crippen molar-refractivity contribution in [1.29, 1.82) is 0 Å². The number of β-amino-alcohol motifs (C(OH)–C–C–N with tert-alkyl or cyclic N) is 1. The van der Waals surface area contributed by atoms with E-state index in [9.17, 15) is 9.90 Å². The summed E-state index contributed by atoms with van der Waals surface area (Å²) in [7, 11) is 0. The number of carbonyl (C=O) groups is 1. The Morgan fingerprint density at radius 1 is 1.45 bits per heavy atom. The van der Waals surface area contributed by atoms with Gasteiger partial charge in [0, 0.05) is 18.0 Å². The summed E-state index contributed by atoms with van der Waals surface area (Å²) in [6.07, 6.45) is 1.25. The number of amides is 1. The molecule has 1 heterocycles. The third-order valence-electron chi connectivity index (χ3n) is 3.77. The predicted octanol–water partition coefficient (Wildman–Crippen LogP) is 2.38. The third kappa shape index (κ3) is 3.31. The molecule has 0 radical (unpaired) electrons. The van der Waals surface area contributed by atoms with E-state index in [1.807, 2.05) is 38.1 Å². The summed E-state index contributed by atoms with van der Waals surface area (Å²) in [6, 6.07) is 7.47. The average Bonchev–Trinajstić information content (AvgIpc) is 2.45. The number of hydrogen-bond acceptors (Lipinski definition) is 3. The molecular weight excluding hydrogens is 254 g/mol. The van der Waals surface area contributed by atoms with Crippen molar-refractivity contribution in [3.63, 3.8) is 0 Å². The van der Waals surface area contributed by atoms with Crippen molar-refractivity contribution in [2.75, 3.05) is 19.7 Å². The molecule has 1 aliphatic rings. The van der Waals surface area contributed by atoms with Crippen LogP contribution >= 0.6 is 0 Å². The number of aliphatic hydroxyl groups excluding tert-OH is 1. The number of para-hydroxylation sites is 1. The van der Waals surface area contributed by atoms with E-state index in [4.69, 9.17) is 4.74 Å². The summed E-state index contributed by atoms with van der Waals surface area (Å²) in [4.78, 5) is 13.9. The molecule has 1 saturated heterocycles. The summed E-state index contributed by atoms with van der Waals surface area (Å²) < 4.78 is 5.53. The molecule has 4 heteroatoms. The fourth-order valence-corrected chi connectivity index (χ4v) is 2.66. The highest BCUT2D eigenvalue weighted by atomic mass is 16.5. The Balaban J connectivity index is 2.08. The van der Waals surface area contributed by atoms with Crippen molar-refractivity contribution in [2.45, 2.75) is 32.8 Å². The molecule has 2 unspecified atom stereocenters. The van der Waals surface area contributed by atoms with Crippen LogP contribution in [0.2, 0.25) is 0 Å². The maximum Gasteiger partial charge on any atom is 0.225 e. The fourth-order valence-electron chi connectivity index (χ4n) is 2.66. The van der Waals surface area contributed by atoms with Gasteiger partial charge in [0.15, 0.2) is 0 Å². The molecule has 0 bridgehead atoms. The molecule has 0 spiro atoms. The molecule has 0 aliphatic carbocycles. The normalized spacial score (nSPS) is 20.9. The maximum atomic E-state index is 12.1. The fraction of sp³-hybridized carbons (Fsp3) is 0.562. The monoisotopic (exact) mass is 277 g/mol. The molecule has 1 aliphatic heterocycles. The minimum atomic E-state index is -0.702. The first-order valence-electron chi connectivity index (χ1n) is 7.32. The van der Waals surface area contributed by atoms with E-state index in [2.05, 4.69) is 0 Å². The second-order valence-corrected chi connectivity index (χ2v) is 5.31. The molecule has 2 atom stereocenters. The first-order valence-corrected chi connectivity index (χ1v) is 7.32. The van der Waals surface area contributed by atoms with Crippen LogP contribution in [0.3, 0.4) is 0 Å². The van der Waals surface area contributed by atoms with Gasteiger partial charge in [-0.3, -0.25) is 4.79 Å². The molecule has 1 aromatic carbocycles. The smallest absolute Gasteiger partial charge is 0.225 e. The highest BCUT2D eigenvalue weighted by Crippen LogP contribution is 2.27. The van der Waals surface area contributed by atoms with Crippen LogP contribution in [0.15, 0.2) is 24.3 Å². The molecule has 0 saturated carbocycles. The standard InChI is InChI=1S/C16H23NO3/c1-3-20-15-9-5-4-8-13(15)14(18)11-17-10-6-7-12(2)16(17)19/h4-5,8-9,12,14,18H,3,6-7,10-11H2,1-2H3. The number of hydrogen-bond donors (Lipinski definition) is 1. The molecule has 4 nitrogen and oxygen atoms in total. The summed E-state index contributed by atoms with van der Waals surface area (Å²) in [5.41, 5.74) is 0.750. The number of ether oxygens (including phenoxy) is 1. The van der Waals surface area contributed by atoms with Gasteiger partial charge >= 0.3 is 0 Å². The number of aliphatic hydroxyl groups is 1. The zero-order valence-electron chi connectivity index (χ0n) is 12.2. The Kier molecular flexibility index (Phi) is 5.01. The van der Waals surface area contributed by atoms with Gasteiger partial charge in [-0.05, 0) is 25.8 Å². The van der Waals surface area contributed by atoms with Crippen LogP contribution in [0, 0.1) is 5.92 Å². The van der Waals surface area contributed by atoms with Crippen molar-refractivity contribution < 1.29 is 14.6 Å². The predicted molar refractivity (Wildman–Crippen MR) is 77.5 cm³/mol. The molecule has 110 valence electrons. The molecule has 0 aromatic heterocycles. The number of carbonyl (C=O) groups excluding carboxylic acids is 1. The van der Waals surface area contributed by atoms with E-state index in [-0.39, 0.29) is 11.8 Å². The zero-order valence-corrected chi connectivity index (χ0v) is 12.2. The Morgan fingerprint density at radius 2 is 2.20 bits per heavy atom. The van der Waals surface area contributed by atoms with Gasteiger partial charge in [0.25, 0.3) is 0 Å². The quantitative estimate of drug-likeness (QED) is 0.899. The van der Waals surface area contributed by atoms with E-state index < -0.39 is 6.10 Å². The molecule has 1 amide bonds. The van der Waals surface area contributed by atoms with Crippen LogP contribution in [0.25, 0.3) is 0 Å². The zero-order chi connectivity index (χ0) is 14.5. The van der Waals surface area contributed by atoms with E-state index in [0.717, 1.165) is 24.9 Å². The van der Waals surface area contributed by atoms with Crippen molar-refractivity contribution in [3.05, 3.63) is 29.8 Å². The summed E-state index contributed by atoms with van der Waals surface area (Å²) in [6.45, 7) is 5.50. The van der Waals surface area contributed by atoms with Gasteiger partial charge in [0.1, 0.15) is 11.9 Å². The van der Waals surface area contributed by atoms with Gasteiger partial charge in [0.2, 0.25) is 5.91 Å². The molecule has 2 rings (SSSR count). The third-order valence-corrected chi connectivity index (χ3v) is 3.77. The van der Waals surface area contributed by atoms with Gasteiger partial charge in [-0.1, -0.05) is 25.1 Å². The van der Waals surface area contributed by atoms with Gasteiger partial charge in [-0.25, -0.2) is 0 Å². The van der Waals surface area contributed by atoms with Crippen LogP contribution in [0.1, 0.15) is 38.4 Å². The van der Waals surface area contributed by atoms with Crippen LogP contribution in [0.4, 0.5) is 0 Å². The first-order chi connectivity index (χ1) is 9.63. The van der Waals surface area contributed by atoms with Crippen LogP contribution < -0.4 is 4.74 Å². The lowest BCUT2D eigenvalue weighted by molar-refractivity contribution is -0.139. The second kappa shape index (κ2) is 6.75. The van der Waals surface area contributed by atoms with Gasteiger partial charge in [0.05, 0.1) is 13.2 Å². The molecule has 1 fully saturated rings. The van der Waals surface area contributed by atoms with Gasteiger partial charge in [-0.15, -0.1) is 0 Å². The van der Waals surface area contributed by atoms with Crippen LogP contribution in [-0.2, 0) is 4.79 Å². The number of likely N-dealkylation sites (tertiary alicyclic amines) is 1. The first kappa shape index (κ1) is 14.9. The van der Waals surface area contributed by atoms with E-state index in [1.54, 1.807) is 4.90 Å². The second-order valence-electron chi connectivity index (χ2n) is 5.31. The maximum absolute atomic E-state index is 12.1. The minimum absolute atomic E-state index is 0.0677. The molecule has 1 aromatic rings. The Morgan fingerprint density at radius 3 is 2.95 bits per heavy atom. The van der Waals surface area contributed by atoms with Crippen molar-refractivity contribution in [3.8, 4) is 5.75 Å². The van der Waals surface area contributed by atoms with Crippen molar-refractivity contribution in [1.82, 2.24) is 4.90 Å². The highest BCUT2D eigenvalue weighted by Gasteiger charge is 2.27. The van der Waals surface area contributed by atoms with Crippen molar-refractivity contribution in [2.24, 2.45) is 5.92 Å². The SMILES string of the molecule is CCOc1ccccc1C(O)CN1CCCC(C)C1=O. The topological polar surface area (TPSA) is 49.8 Å². The van der Waals surface area contributed by atoms with E-state index in [0.29, 0.717) is 18.9 Å². The van der Waals surface area contributed by atoms with E-state index >= 15 is 0 Å². The minimum Gasteiger partial charge on any atom is -0.493 e. The Bertz CT molecular complexity index is 461. The number of rotatable bonds is 5. The van der Waals surface area contributed by atoms with Crippen molar-refractivity contribution >= 4 is 5.91 Å². The highest BCUT2D eigenvalue weighted by molar-refractivity contribution is 5.79. The van der Waals surface area contributed by atoms with Crippen LogP contribution in [-0.4, -0.2) is 35.6 Å². The summed E-state index contributed by atoms with van der Waals surface area (Å²) >= 11 is 0. The summed E-state index contributed by atoms with van der Waals surface area (Å²) in [5, 5.41) is 10.4. The van der Waals surface area contributed by atoms with Crippen LogP contribution in [0.5, 0.6) is 5.75 Å². The number of benzene rings is 1. The lowest BCUT2D eigenvalue weighted by Gasteiger charge is -2.32. The lowest BCUT2D eigenvalue weighted by atomic mass is 9.98. The largest absolute Gasteiger partial charge is 0.493 e. The molecule has 1 N–H and O–H groups in total. The summed E-state index contributed by atoms with van der Waals surface area (Å²) in [5.74, 6) is 0.905. The number of nitrogens with zero attached hydrogens (tertiary/aromatic N) is 1. The lowest BCUT2D eigenvalue weighted by Crippen LogP contribution is -2.42. The van der Waals surface area contributed by atoms with Gasteiger partial charge in [-0.2, -0.15) is 0 Å². The van der Waals surface area contributed by atoms with Gasteiger partial charge < -0.3 is 14.7 Å². The molecular formula is C16H23NO3.